The van der Waals surface area contributed by atoms with Gasteiger partial charge in [0.1, 0.15) is 5.75 Å². The SMILES string of the molecule is CNC1CCC(c2ccc(OC)c(Br)c2)CC1. The molecular weight excluding hydrogens is 278 g/mol. The number of benzene rings is 1. The van der Waals surface area contributed by atoms with E-state index in [9.17, 15) is 0 Å². The van der Waals surface area contributed by atoms with Gasteiger partial charge in [0.25, 0.3) is 0 Å². The minimum absolute atomic E-state index is 0.710. The number of rotatable bonds is 3. The van der Waals surface area contributed by atoms with Gasteiger partial charge in [0, 0.05) is 6.04 Å². The van der Waals surface area contributed by atoms with E-state index >= 15 is 0 Å². The Labute approximate surface area is 112 Å². The van der Waals surface area contributed by atoms with Crippen LogP contribution in [0.1, 0.15) is 37.2 Å². The highest BCUT2D eigenvalue weighted by atomic mass is 79.9. The zero-order chi connectivity index (χ0) is 12.3. The maximum Gasteiger partial charge on any atom is 0.133 e. The average Bonchev–Trinajstić information content (AvgIpc) is 2.39. The molecule has 0 aliphatic heterocycles. The molecule has 0 unspecified atom stereocenters. The number of hydrogen-bond acceptors (Lipinski definition) is 2. The summed E-state index contributed by atoms with van der Waals surface area (Å²) in [5.41, 5.74) is 1.44. The Balaban J connectivity index is 2.06. The van der Waals surface area contributed by atoms with Crippen molar-refractivity contribution in [2.24, 2.45) is 0 Å². The van der Waals surface area contributed by atoms with Gasteiger partial charge in [0.05, 0.1) is 11.6 Å². The standard InChI is InChI=1S/C14H20BrNO/c1-16-12-6-3-10(4-7-12)11-5-8-14(17-2)13(15)9-11/h5,8-10,12,16H,3-4,6-7H2,1-2H3. The predicted molar refractivity (Wildman–Crippen MR) is 74.8 cm³/mol. The number of nitrogens with one attached hydrogen (secondary N) is 1. The van der Waals surface area contributed by atoms with Crippen LogP contribution in [-0.2, 0) is 0 Å². The highest BCUT2D eigenvalue weighted by Gasteiger charge is 2.21. The van der Waals surface area contributed by atoms with Crippen LogP contribution >= 0.6 is 15.9 Å². The summed E-state index contributed by atoms with van der Waals surface area (Å²) in [5.74, 6) is 1.62. The van der Waals surface area contributed by atoms with Crippen LogP contribution in [0.15, 0.2) is 22.7 Å². The minimum Gasteiger partial charge on any atom is -0.496 e. The quantitative estimate of drug-likeness (QED) is 0.918. The van der Waals surface area contributed by atoms with Gasteiger partial charge in [0.2, 0.25) is 0 Å². The van der Waals surface area contributed by atoms with E-state index in [0.717, 1.165) is 10.2 Å². The Hall–Kier alpha value is -0.540. The second-order valence-corrected chi connectivity index (χ2v) is 5.59. The van der Waals surface area contributed by atoms with Gasteiger partial charge in [-0.1, -0.05) is 6.07 Å². The summed E-state index contributed by atoms with van der Waals surface area (Å²) >= 11 is 3.56. The zero-order valence-corrected chi connectivity index (χ0v) is 12.1. The summed E-state index contributed by atoms with van der Waals surface area (Å²) in [5, 5.41) is 3.38. The molecule has 0 heterocycles. The highest BCUT2D eigenvalue weighted by Crippen LogP contribution is 2.36. The van der Waals surface area contributed by atoms with Gasteiger partial charge in [-0.05, 0) is 72.3 Å². The Morgan fingerprint density at radius 1 is 1.24 bits per heavy atom. The molecule has 1 saturated carbocycles. The molecule has 0 bridgehead atoms. The molecule has 0 radical (unpaired) electrons. The van der Waals surface area contributed by atoms with Gasteiger partial charge in [-0.15, -0.1) is 0 Å². The van der Waals surface area contributed by atoms with E-state index in [-0.39, 0.29) is 0 Å². The van der Waals surface area contributed by atoms with Crippen LogP contribution in [0.25, 0.3) is 0 Å². The lowest BCUT2D eigenvalue weighted by atomic mass is 9.82. The molecule has 1 aliphatic rings. The smallest absolute Gasteiger partial charge is 0.133 e. The Morgan fingerprint density at radius 3 is 2.47 bits per heavy atom. The molecule has 0 amide bonds. The van der Waals surface area contributed by atoms with Gasteiger partial charge in [-0.3, -0.25) is 0 Å². The largest absolute Gasteiger partial charge is 0.496 e. The molecular formula is C14H20BrNO. The maximum absolute atomic E-state index is 5.26. The van der Waals surface area contributed by atoms with E-state index in [4.69, 9.17) is 4.74 Å². The first-order chi connectivity index (χ1) is 8.24. The van der Waals surface area contributed by atoms with E-state index in [1.165, 1.54) is 31.2 Å². The van der Waals surface area contributed by atoms with Crippen molar-refractivity contribution in [3.63, 3.8) is 0 Å². The zero-order valence-electron chi connectivity index (χ0n) is 10.5. The monoisotopic (exact) mass is 297 g/mol. The van der Waals surface area contributed by atoms with E-state index in [0.29, 0.717) is 12.0 Å². The summed E-state index contributed by atoms with van der Waals surface area (Å²) < 4.78 is 6.33. The fraction of sp³-hybridized carbons (Fsp3) is 0.571. The fourth-order valence-corrected chi connectivity index (χ4v) is 3.21. The first kappa shape index (κ1) is 12.9. The molecule has 1 aliphatic carbocycles. The van der Waals surface area contributed by atoms with Crippen molar-refractivity contribution < 1.29 is 4.74 Å². The molecule has 1 N–H and O–H groups in total. The lowest BCUT2D eigenvalue weighted by molar-refractivity contribution is 0.358. The van der Waals surface area contributed by atoms with E-state index in [1.807, 2.05) is 0 Å². The van der Waals surface area contributed by atoms with Crippen LogP contribution in [0, 0.1) is 0 Å². The molecule has 0 spiro atoms. The maximum atomic E-state index is 5.26. The van der Waals surface area contributed by atoms with Crippen molar-refractivity contribution in [2.75, 3.05) is 14.2 Å². The fourth-order valence-electron chi connectivity index (χ4n) is 2.65. The average molecular weight is 298 g/mol. The van der Waals surface area contributed by atoms with Gasteiger partial charge < -0.3 is 10.1 Å². The topological polar surface area (TPSA) is 21.3 Å². The van der Waals surface area contributed by atoms with Gasteiger partial charge in [-0.25, -0.2) is 0 Å². The van der Waals surface area contributed by atoms with Crippen LogP contribution in [-0.4, -0.2) is 20.2 Å². The second kappa shape index (κ2) is 5.87. The highest BCUT2D eigenvalue weighted by molar-refractivity contribution is 9.10. The number of methoxy groups -OCH3 is 1. The molecule has 94 valence electrons. The van der Waals surface area contributed by atoms with Gasteiger partial charge in [0.15, 0.2) is 0 Å². The van der Waals surface area contributed by atoms with E-state index < -0.39 is 0 Å². The van der Waals surface area contributed by atoms with Crippen LogP contribution in [0.4, 0.5) is 0 Å². The third-order valence-corrected chi connectivity index (χ3v) is 4.40. The molecule has 17 heavy (non-hydrogen) atoms. The number of halogens is 1. The minimum atomic E-state index is 0.710. The summed E-state index contributed by atoms with van der Waals surface area (Å²) in [6.07, 6.45) is 5.13. The lowest BCUT2D eigenvalue weighted by Gasteiger charge is -2.28. The van der Waals surface area contributed by atoms with Crippen LogP contribution in [0.5, 0.6) is 5.75 Å². The van der Waals surface area contributed by atoms with Gasteiger partial charge in [-0.2, -0.15) is 0 Å². The van der Waals surface area contributed by atoms with Crippen molar-refractivity contribution in [3.8, 4) is 5.75 Å². The summed E-state index contributed by atoms with van der Waals surface area (Å²) in [4.78, 5) is 0. The molecule has 3 heteroatoms. The van der Waals surface area contributed by atoms with Crippen molar-refractivity contribution in [2.45, 2.75) is 37.6 Å². The normalized spacial score (nSPS) is 24.6. The summed E-state index contributed by atoms with van der Waals surface area (Å²) in [6, 6.07) is 7.19. The van der Waals surface area contributed by atoms with Crippen molar-refractivity contribution in [1.29, 1.82) is 0 Å². The Morgan fingerprint density at radius 2 is 1.94 bits per heavy atom. The van der Waals surface area contributed by atoms with E-state index in [2.05, 4.69) is 46.5 Å². The lowest BCUT2D eigenvalue weighted by Crippen LogP contribution is -2.29. The first-order valence-corrected chi connectivity index (χ1v) is 7.04. The number of ether oxygens (including phenoxy) is 1. The molecule has 1 fully saturated rings. The molecule has 0 aromatic heterocycles. The molecule has 2 rings (SSSR count). The Kier molecular flexibility index (Phi) is 4.46. The molecule has 0 atom stereocenters. The number of hydrogen-bond donors (Lipinski definition) is 1. The third-order valence-electron chi connectivity index (χ3n) is 3.78. The molecule has 2 nitrogen and oxygen atoms in total. The van der Waals surface area contributed by atoms with Crippen LogP contribution < -0.4 is 10.1 Å². The molecule has 1 aromatic rings. The first-order valence-electron chi connectivity index (χ1n) is 6.25. The van der Waals surface area contributed by atoms with Crippen molar-refractivity contribution in [3.05, 3.63) is 28.2 Å². The van der Waals surface area contributed by atoms with Crippen LogP contribution in [0.2, 0.25) is 0 Å². The molecule has 1 aromatic carbocycles. The van der Waals surface area contributed by atoms with Crippen LogP contribution in [0.3, 0.4) is 0 Å². The van der Waals surface area contributed by atoms with Crippen molar-refractivity contribution in [1.82, 2.24) is 5.32 Å². The second-order valence-electron chi connectivity index (χ2n) is 4.73. The summed E-state index contributed by atoms with van der Waals surface area (Å²) in [7, 11) is 3.77. The van der Waals surface area contributed by atoms with E-state index in [1.54, 1.807) is 7.11 Å². The van der Waals surface area contributed by atoms with Gasteiger partial charge >= 0.3 is 0 Å². The predicted octanol–water partition coefficient (Wildman–Crippen LogP) is 3.70. The summed E-state index contributed by atoms with van der Waals surface area (Å²) in [6.45, 7) is 0. The molecule has 0 saturated heterocycles. The third kappa shape index (κ3) is 3.02. The Bertz CT molecular complexity index is 372. The van der Waals surface area contributed by atoms with Crippen molar-refractivity contribution >= 4 is 15.9 Å².